The number of hydrogen-bond donors (Lipinski definition) is 3. The molecule has 1 aromatic rings. The molecule has 0 aliphatic carbocycles. The number of hydrogen-bond acceptors (Lipinski definition) is 4. The van der Waals surface area contributed by atoms with E-state index in [0.29, 0.717) is 38.9 Å². The lowest BCUT2D eigenvalue weighted by Gasteiger charge is -2.37. The SMILES string of the molecule is CC(C)(CCC(=O)NC1(C#N)CCN(C(=O)NCc2ccccc2)CC1)C(N)=O. The first-order chi connectivity index (χ1) is 13.7. The van der Waals surface area contributed by atoms with Crippen LogP contribution in [0.1, 0.15) is 45.1 Å². The highest BCUT2D eigenvalue weighted by Gasteiger charge is 2.38. The summed E-state index contributed by atoms with van der Waals surface area (Å²) in [6.07, 6.45) is 1.13. The summed E-state index contributed by atoms with van der Waals surface area (Å²) in [6.45, 7) is 4.57. The number of carbonyl (C=O) groups is 3. The van der Waals surface area contributed by atoms with Crippen molar-refractivity contribution in [3.63, 3.8) is 0 Å². The number of nitrogens with one attached hydrogen (secondary N) is 2. The molecule has 8 heteroatoms. The number of urea groups is 1. The maximum atomic E-state index is 12.4. The minimum atomic E-state index is -0.996. The summed E-state index contributed by atoms with van der Waals surface area (Å²) >= 11 is 0. The molecule has 4 N–H and O–H groups in total. The Bertz CT molecular complexity index is 777. The highest BCUT2D eigenvalue weighted by atomic mass is 16.2. The molecule has 0 aromatic heterocycles. The topological polar surface area (TPSA) is 128 Å². The van der Waals surface area contributed by atoms with Crippen molar-refractivity contribution in [1.82, 2.24) is 15.5 Å². The first-order valence-corrected chi connectivity index (χ1v) is 9.76. The lowest BCUT2D eigenvalue weighted by atomic mass is 9.86. The summed E-state index contributed by atoms with van der Waals surface area (Å²) in [7, 11) is 0. The third kappa shape index (κ3) is 6.21. The number of piperidine rings is 1. The van der Waals surface area contributed by atoms with Crippen molar-refractivity contribution in [1.29, 1.82) is 5.26 Å². The first-order valence-electron chi connectivity index (χ1n) is 9.76. The second-order valence-corrected chi connectivity index (χ2v) is 8.12. The molecule has 2 rings (SSSR count). The van der Waals surface area contributed by atoms with Crippen LogP contribution >= 0.6 is 0 Å². The van der Waals surface area contributed by atoms with E-state index in [1.165, 1.54) is 0 Å². The van der Waals surface area contributed by atoms with Gasteiger partial charge in [-0.05, 0) is 12.0 Å². The Labute approximate surface area is 171 Å². The summed E-state index contributed by atoms with van der Waals surface area (Å²) < 4.78 is 0. The Balaban J connectivity index is 1.82. The second-order valence-electron chi connectivity index (χ2n) is 8.12. The number of rotatable bonds is 7. The third-order valence-electron chi connectivity index (χ3n) is 5.43. The maximum Gasteiger partial charge on any atom is 0.317 e. The molecule has 156 valence electrons. The van der Waals surface area contributed by atoms with E-state index >= 15 is 0 Å². The molecule has 8 nitrogen and oxygen atoms in total. The molecule has 0 atom stereocenters. The van der Waals surface area contributed by atoms with E-state index in [-0.39, 0.29) is 18.4 Å². The molecule has 0 unspecified atom stereocenters. The van der Waals surface area contributed by atoms with Gasteiger partial charge in [0, 0.05) is 44.3 Å². The van der Waals surface area contributed by atoms with Crippen LogP contribution in [0.4, 0.5) is 4.79 Å². The first kappa shape index (κ1) is 22.2. The Kier molecular flexibility index (Phi) is 7.21. The van der Waals surface area contributed by atoms with Crippen molar-refractivity contribution >= 4 is 17.8 Å². The number of nitrogens with two attached hydrogens (primary N) is 1. The van der Waals surface area contributed by atoms with Gasteiger partial charge in [-0.15, -0.1) is 0 Å². The van der Waals surface area contributed by atoms with Crippen molar-refractivity contribution in [2.75, 3.05) is 13.1 Å². The minimum absolute atomic E-state index is 0.112. The summed E-state index contributed by atoms with van der Waals surface area (Å²) in [6, 6.07) is 11.6. The van der Waals surface area contributed by atoms with Gasteiger partial charge in [-0.3, -0.25) is 9.59 Å². The van der Waals surface area contributed by atoms with Crippen molar-refractivity contribution in [2.24, 2.45) is 11.1 Å². The predicted octanol–water partition coefficient (Wildman–Crippen LogP) is 1.66. The molecule has 29 heavy (non-hydrogen) atoms. The molecule has 1 aliphatic heterocycles. The molecule has 1 fully saturated rings. The van der Waals surface area contributed by atoms with Gasteiger partial charge in [0.2, 0.25) is 11.8 Å². The van der Waals surface area contributed by atoms with E-state index in [4.69, 9.17) is 5.73 Å². The zero-order valence-corrected chi connectivity index (χ0v) is 17.0. The highest BCUT2D eigenvalue weighted by molar-refractivity contribution is 5.82. The predicted molar refractivity (Wildman–Crippen MR) is 108 cm³/mol. The van der Waals surface area contributed by atoms with E-state index in [1.54, 1.807) is 18.7 Å². The summed E-state index contributed by atoms with van der Waals surface area (Å²) in [5.74, 6) is -0.752. The Morgan fingerprint density at radius 2 is 1.83 bits per heavy atom. The molecular formula is C21H29N5O3. The van der Waals surface area contributed by atoms with Crippen molar-refractivity contribution < 1.29 is 14.4 Å². The van der Waals surface area contributed by atoms with Gasteiger partial charge >= 0.3 is 6.03 Å². The number of nitriles is 1. The molecule has 1 heterocycles. The lowest BCUT2D eigenvalue weighted by molar-refractivity contribution is -0.127. The van der Waals surface area contributed by atoms with Gasteiger partial charge in [0.1, 0.15) is 5.54 Å². The van der Waals surface area contributed by atoms with Crippen LogP contribution < -0.4 is 16.4 Å². The van der Waals surface area contributed by atoms with Gasteiger partial charge in [-0.25, -0.2) is 4.79 Å². The number of primary amides is 1. The van der Waals surface area contributed by atoms with Gasteiger partial charge in [0.15, 0.2) is 0 Å². The largest absolute Gasteiger partial charge is 0.369 e. The minimum Gasteiger partial charge on any atom is -0.369 e. The molecule has 1 aromatic carbocycles. The molecule has 0 saturated carbocycles. The van der Waals surface area contributed by atoms with Crippen molar-refractivity contribution in [3.05, 3.63) is 35.9 Å². The summed E-state index contributed by atoms with van der Waals surface area (Å²) in [5.41, 5.74) is 4.57. The molecule has 1 saturated heterocycles. The number of nitrogens with zero attached hydrogens (tertiary/aromatic N) is 2. The molecule has 0 radical (unpaired) electrons. The van der Waals surface area contributed by atoms with E-state index in [0.717, 1.165) is 5.56 Å². The van der Waals surface area contributed by atoms with Gasteiger partial charge in [-0.1, -0.05) is 44.2 Å². The second kappa shape index (κ2) is 9.41. The molecule has 0 bridgehead atoms. The average Bonchev–Trinajstić information content (AvgIpc) is 2.71. The van der Waals surface area contributed by atoms with Gasteiger partial charge in [0.05, 0.1) is 6.07 Å². The van der Waals surface area contributed by atoms with Crippen molar-refractivity contribution in [2.45, 2.75) is 51.6 Å². The van der Waals surface area contributed by atoms with Crippen LogP contribution in [0.3, 0.4) is 0 Å². The van der Waals surface area contributed by atoms with Gasteiger partial charge in [0.25, 0.3) is 0 Å². The Hall–Kier alpha value is -3.08. The average molecular weight is 399 g/mol. The van der Waals surface area contributed by atoms with Crippen LogP contribution in [0, 0.1) is 16.7 Å². The van der Waals surface area contributed by atoms with Crippen LogP contribution in [-0.4, -0.2) is 41.4 Å². The number of benzene rings is 1. The van der Waals surface area contributed by atoms with Gasteiger partial charge in [-0.2, -0.15) is 5.26 Å². The molecule has 0 spiro atoms. The zero-order chi connectivity index (χ0) is 21.5. The van der Waals surface area contributed by atoms with Crippen LogP contribution in [0.5, 0.6) is 0 Å². The lowest BCUT2D eigenvalue weighted by Crippen LogP contribution is -2.56. The smallest absolute Gasteiger partial charge is 0.317 e. The quantitative estimate of drug-likeness (QED) is 0.644. The Morgan fingerprint density at radius 1 is 1.21 bits per heavy atom. The fraction of sp³-hybridized carbons (Fsp3) is 0.524. The molecule has 1 aliphatic rings. The number of amides is 4. The number of carbonyl (C=O) groups excluding carboxylic acids is 3. The third-order valence-corrected chi connectivity index (χ3v) is 5.43. The van der Waals surface area contributed by atoms with Gasteiger partial charge < -0.3 is 21.3 Å². The van der Waals surface area contributed by atoms with E-state index < -0.39 is 16.9 Å². The highest BCUT2D eigenvalue weighted by Crippen LogP contribution is 2.24. The van der Waals surface area contributed by atoms with Crippen LogP contribution in [0.15, 0.2) is 30.3 Å². The monoisotopic (exact) mass is 399 g/mol. The fourth-order valence-electron chi connectivity index (χ4n) is 3.12. The van der Waals surface area contributed by atoms with Crippen LogP contribution in [0.2, 0.25) is 0 Å². The molecular weight excluding hydrogens is 370 g/mol. The normalized spacial score (nSPS) is 15.8. The zero-order valence-electron chi connectivity index (χ0n) is 17.0. The summed E-state index contributed by atoms with van der Waals surface area (Å²) in [4.78, 5) is 37.7. The standard InChI is InChI=1S/C21H29N5O3/c1-20(2,18(23)28)9-8-17(27)25-21(15-22)10-12-26(13-11-21)19(29)24-14-16-6-4-3-5-7-16/h3-7H,8-14H2,1-2H3,(H2,23,28)(H,24,29)(H,25,27). The van der Waals surface area contributed by atoms with Crippen LogP contribution in [-0.2, 0) is 16.1 Å². The number of likely N-dealkylation sites (tertiary alicyclic amines) is 1. The van der Waals surface area contributed by atoms with Crippen molar-refractivity contribution in [3.8, 4) is 6.07 Å². The Morgan fingerprint density at radius 3 is 2.38 bits per heavy atom. The summed E-state index contributed by atoms with van der Waals surface area (Å²) in [5, 5.41) is 15.3. The van der Waals surface area contributed by atoms with E-state index in [2.05, 4.69) is 16.7 Å². The van der Waals surface area contributed by atoms with E-state index in [1.807, 2.05) is 30.3 Å². The fourth-order valence-corrected chi connectivity index (χ4v) is 3.12. The van der Waals surface area contributed by atoms with E-state index in [9.17, 15) is 19.6 Å². The molecule has 4 amide bonds. The van der Waals surface area contributed by atoms with Crippen LogP contribution in [0.25, 0.3) is 0 Å². The maximum absolute atomic E-state index is 12.4.